The Hall–Kier alpha value is -0.870. The van der Waals surface area contributed by atoms with Crippen molar-refractivity contribution in [1.82, 2.24) is 9.80 Å². The summed E-state index contributed by atoms with van der Waals surface area (Å²) < 4.78 is 0. The molecule has 0 saturated carbocycles. The van der Waals surface area contributed by atoms with Crippen LogP contribution in [0.1, 0.15) is 44.2 Å². The molecule has 2 aliphatic heterocycles. The molecule has 0 N–H and O–H groups in total. The molecule has 0 radical (unpaired) electrons. The van der Waals surface area contributed by atoms with Gasteiger partial charge in [-0.3, -0.25) is 9.69 Å². The third-order valence-corrected chi connectivity index (χ3v) is 5.34. The zero-order valence-corrected chi connectivity index (χ0v) is 13.1. The lowest BCUT2D eigenvalue weighted by molar-refractivity contribution is -0.134. The number of carbonyl (C=O) groups excluding carboxylic acids is 1. The lowest BCUT2D eigenvalue weighted by atomic mass is 10.0. The van der Waals surface area contributed by atoms with Crippen molar-refractivity contribution in [2.45, 2.75) is 38.6 Å². The van der Waals surface area contributed by atoms with Crippen molar-refractivity contribution >= 4 is 17.2 Å². The van der Waals surface area contributed by atoms with Crippen LogP contribution in [0, 0.1) is 5.92 Å². The number of hydrogen-bond donors (Lipinski definition) is 0. The van der Waals surface area contributed by atoms with Crippen LogP contribution < -0.4 is 0 Å². The second-order valence-electron chi connectivity index (χ2n) is 6.27. The molecule has 3 nitrogen and oxygen atoms in total. The van der Waals surface area contributed by atoms with Crippen LogP contribution in [0.4, 0.5) is 0 Å². The lowest BCUT2D eigenvalue weighted by Gasteiger charge is -2.33. The Kier molecular flexibility index (Phi) is 4.41. The van der Waals surface area contributed by atoms with Crippen molar-refractivity contribution in [3.63, 3.8) is 0 Å². The van der Waals surface area contributed by atoms with E-state index < -0.39 is 0 Å². The van der Waals surface area contributed by atoms with E-state index in [0.717, 1.165) is 19.6 Å². The predicted octanol–water partition coefficient (Wildman–Crippen LogP) is 3.14. The van der Waals surface area contributed by atoms with Crippen LogP contribution in [0.3, 0.4) is 0 Å². The van der Waals surface area contributed by atoms with Crippen LogP contribution in [0.5, 0.6) is 0 Å². The van der Waals surface area contributed by atoms with Gasteiger partial charge in [-0.2, -0.15) is 11.3 Å². The van der Waals surface area contributed by atoms with E-state index in [1.165, 1.54) is 31.2 Å². The molecule has 2 atom stereocenters. The highest BCUT2D eigenvalue weighted by Gasteiger charge is 2.30. The quantitative estimate of drug-likeness (QED) is 0.854. The largest absolute Gasteiger partial charge is 0.341 e. The fourth-order valence-electron chi connectivity index (χ4n) is 3.55. The summed E-state index contributed by atoms with van der Waals surface area (Å²) in [5, 5.41) is 4.37. The maximum Gasteiger partial charge on any atom is 0.236 e. The molecule has 0 aliphatic carbocycles. The SMILES string of the molecule is C[C@H]1CCCN(C(=O)CN2CCC[C@H]2c2ccsc2)C1. The van der Waals surface area contributed by atoms with Crippen molar-refractivity contribution in [2.75, 3.05) is 26.2 Å². The summed E-state index contributed by atoms with van der Waals surface area (Å²) in [5.74, 6) is 0.998. The summed E-state index contributed by atoms with van der Waals surface area (Å²) in [6.45, 7) is 5.84. The lowest BCUT2D eigenvalue weighted by Crippen LogP contribution is -2.44. The van der Waals surface area contributed by atoms with Gasteiger partial charge >= 0.3 is 0 Å². The van der Waals surface area contributed by atoms with Crippen molar-refractivity contribution in [2.24, 2.45) is 5.92 Å². The average Bonchev–Trinajstić information content (AvgIpc) is 3.08. The number of piperidine rings is 1. The minimum Gasteiger partial charge on any atom is -0.341 e. The first kappa shape index (κ1) is 14.1. The van der Waals surface area contributed by atoms with Gasteiger partial charge in [0.15, 0.2) is 0 Å². The Morgan fingerprint density at radius 1 is 1.35 bits per heavy atom. The molecule has 2 fully saturated rings. The summed E-state index contributed by atoms with van der Waals surface area (Å²) >= 11 is 1.75. The van der Waals surface area contributed by atoms with Gasteiger partial charge in [0.25, 0.3) is 0 Å². The highest BCUT2D eigenvalue weighted by atomic mass is 32.1. The molecule has 1 aromatic rings. The summed E-state index contributed by atoms with van der Waals surface area (Å²) in [4.78, 5) is 17.0. The maximum atomic E-state index is 12.5. The predicted molar refractivity (Wildman–Crippen MR) is 82.8 cm³/mol. The number of carbonyl (C=O) groups is 1. The molecule has 4 heteroatoms. The number of thiophene rings is 1. The van der Waals surface area contributed by atoms with Gasteiger partial charge in [-0.1, -0.05) is 6.92 Å². The van der Waals surface area contributed by atoms with E-state index in [4.69, 9.17) is 0 Å². The summed E-state index contributed by atoms with van der Waals surface area (Å²) in [7, 11) is 0. The van der Waals surface area contributed by atoms with E-state index in [1.54, 1.807) is 11.3 Å². The van der Waals surface area contributed by atoms with Gasteiger partial charge in [0.05, 0.1) is 6.54 Å². The van der Waals surface area contributed by atoms with Crippen molar-refractivity contribution in [1.29, 1.82) is 0 Å². The molecule has 2 aliphatic rings. The highest BCUT2D eigenvalue weighted by Crippen LogP contribution is 2.32. The molecule has 1 aromatic heterocycles. The highest BCUT2D eigenvalue weighted by molar-refractivity contribution is 7.07. The minimum atomic E-state index is 0.332. The smallest absolute Gasteiger partial charge is 0.236 e. The van der Waals surface area contributed by atoms with E-state index in [1.807, 2.05) is 0 Å². The first-order valence-corrected chi connectivity index (χ1v) is 8.72. The Balaban J connectivity index is 1.60. The van der Waals surface area contributed by atoms with E-state index in [0.29, 0.717) is 24.4 Å². The fourth-order valence-corrected chi connectivity index (χ4v) is 4.25. The van der Waals surface area contributed by atoms with Gasteiger partial charge in [0.2, 0.25) is 5.91 Å². The van der Waals surface area contributed by atoms with Gasteiger partial charge in [-0.15, -0.1) is 0 Å². The minimum absolute atomic E-state index is 0.332. The zero-order valence-electron chi connectivity index (χ0n) is 12.3. The number of amides is 1. The normalized spacial score (nSPS) is 27.9. The summed E-state index contributed by atoms with van der Waals surface area (Å²) in [6, 6.07) is 2.67. The van der Waals surface area contributed by atoms with Crippen LogP contribution >= 0.6 is 11.3 Å². The molecule has 110 valence electrons. The van der Waals surface area contributed by atoms with Gasteiger partial charge < -0.3 is 4.90 Å². The molecule has 2 saturated heterocycles. The molecular formula is C16H24N2OS. The third-order valence-electron chi connectivity index (χ3n) is 4.64. The zero-order chi connectivity index (χ0) is 13.9. The van der Waals surface area contributed by atoms with Gasteiger partial charge in [-0.05, 0) is 60.5 Å². The monoisotopic (exact) mass is 292 g/mol. The number of hydrogen-bond acceptors (Lipinski definition) is 3. The first-order valence-electron chi connectivity index (χ1n) is 7.78. The molecule has 3 heterocycles. The Morgan fingerprint density at radius 2 is 2.20 bits per heavy atom. The Morgan fingerprint density at radius 3 is 2.95 bits per heavy atom. The van der Waals surface area contributed by atoms with Crippen molar-refractivity contribution in [3.8, 4) is 0 Å². The third kappa shape index (κ3) is 3.07. The van der Waals surface area contributed by atoms with Crippen molar-refractivity contribution < 1.29 is 4.79 Å². The van der Waals surface area contributed by atoms with E-state index >= 15 is 0 Å². The van der Waals surface area contributed by atoms with Gasteiger partial charge in [0, 0.05) is 19.1 Å². The second kappa shape index (κ2) is 6.27. The second-order valence-corrected chi connectivity index (χ2v) is 7.05. The number of rotatable bonds is 3. The molecular weight excluding hydrogens is 268 g/mol. The average molecular weight is 292 g/mol. The number of nitrogens with zero attached hydrogens (tertiary/aromatic N) is 2. The standard InChI is InChI=1S/C16H24N2OS/c1-13-4-2-8-18(10-13)16(19)11-17-7-3-5-15(17)14-6-9-20-12-14/h6,9,12-13,15H,2-5,7-8,10-11H2,1H3/t13-,15-/m0/s1. The fraction of sp³-hybridized carbons (Fsp3) is 0.688. The van der Waals surface area contributed by atoms with Crippen LogP contribution in [-0.4, -0.2) is 41.9 Å². The molecule has 0 aromatic carbocycles. The van der Waals surface area contributed by atoms with Crippen molar-refractivity contribution in [3.05, 3.63) is 22.4 Å². The van der Waals surface area contributed by atoms with Crippen LogP contribution in [0.2, 0.25) is 0 Å². The van der Waals surface area contributed by atoms with E-state index in [-0.39, 0.29) is 0 Å². The van der Waals surface area contributed by atoms with Gasteiger partial charge in [-0.25, -0.2) is 0 Å². The number of likely N-dealkylation sites (tertiary alicyclic amines) is 2. The topological polar surface area (TPSA) is 23.6 Å². The van der Waals surface area contributed by atoms with Crippen LogP contribution in [0.15, 0.2) is 16.8 Å². The van der Waals surface area contributed by atoms with Gasteiger partial charge in [0.1, 0.15) is 0 Å². The molecule has 0 spiro atoms. The molecule has 0 bridgehead atoms. The summed E-state index contributed by atoms with van der Waals surface area (Å²) in [6.07, 6.45) is 4.84. The van der Waals surface area contributed by atoms with E-state index in [9.17, 15) is 4.79 Å². The summed E-state index contributed by atoms with van der Waals surface area (Å²) in [5.41, 5.74) is 1.40. The molecule has 1 amide bonds. The Bertz CT molecular complexity index is 445. The molecule has 3 rings (SSSR count). The Labute approximate surface area is 125 Å². The van der Waals surface area contributed by atoms with Crippen LogP contribution in [0.25, 0.3) is 0 Å². The molecule has 20 heavy (non-hydrogen) atoms. The van der Waals surface area contributed by atoms with Crippen LogP contribution in [-0.2, 0) is 4.79 Å². The first-order chi connectivity index (χ1) is 9.74. The molecule has 0 unspecified atom stereocenters. The van der Waals surface area contributed by atoms with E-state index in [2.05, 4.69) is 33.6 Å². The maximum absolute atomic E-state index is 12.5.